The Morgan fingerprint density at radius 2 is 1.97 bits per heavy atom. The van der Waals surface area contributed by atoms with Gasteiger partial charge >= 0.3 is 0 Å². The van der Waals surface area contributed by atoms with Crippen LogP contribution in [0.4, 0.5) is 5.69 Å². The quantitative estimate of drug-likeness (QED) is 0.591. The Hall–Kier alpha value is -3.67. The number of fused-ring (bicyclic) bond motifs is 1. The summed E-state index contributed by atoms with van der Waals surface area (Å²) in [6, 6.07) is 7.09. The molecule has 0 fully saturated rings. The highest BCUT2D eigenvalue weighted by Crippen LogP contribution is 2.38. The van der Waals surface area contributed by atoms with Crippen LogP contribution < -0.4 is 18.9 Å². The van der Waals surface area contributed by atoms with Crippen molar-refractivity contribution in [3.63, 3.8) is 0 Å². The highest BCUT2D eigenvalue weighted by molar-refractivity contribution is 7.92. The number of carbonyl (C=O) groups is 1. The maximum Gasteiger partial charge on any atom is 0.262 e. The highest BCUT2D eigenvalue weighted by atomic mass is 32.2. The third-order valence-electron chi connectivity index (χ3n) is 4.19. The van der Waals surface area contributed by atoms with Crippen molar-refractivity contribution in [2.24, 2.45) is 0 Å². The van der Waals surface area contributed by atoms with Crippen LogP contribution in [0.1, 0.15) is 17.3 Å². The fourth-order valence-electron chi connectivity index (χ4n) is 2.81. The molecule has 150 valence electrons. The first-order valence-corrected chi connectivity index (χ1v) is 9.76. The summed E-state index contributed by atoms with van der Waals surface area (Å²) >= 11 is 0. The monoisotopic (exact) mass is 417 g/mol. The largest absolute Gasteiger partial charge is 0.494 e. The summed E-state index contributed by atoms with van der Waals surface area (Å²) in [6.07, 6.45) is 1.36. The minimum atomic E-state index is -4.04. The third kappa shape index (κ3) is 3.45. The smallest absolute Gasteiger partial charge is 0.262 e. The minimum absolute atomic E-state index is 0.00130. The van der Waals surface area contributed by atoms with Crippen molar-refractivity contribution in [3.05, 3.63) is 42.2 Å². The van der Waals surface area contributed by atoms with Gasteiger partial charge in [0.25, 0.3) is 10.0 Å². The number of nitrogens with one attached hydrogen (secondary N) is 1. The van der Waals surface area contributed by atoms with Gasteiger partial charge in [-0.2, -0.15) is 4.68 Å². The predicted octanol–water partition coefficient (Wildman–Crippen LogP) is 1.40. The molecule has 0 radical (unpaired) electrons. The van der Waals surface area contributed by atoms with Crippen LogP contribution in [0.15, 0.2) is 41.6 Å². The van der Waals surface area contributed by atoms with Crippen molar-refractivity contribution in [2.75, 3.05) is 18.6 Å². The van der Waals surface area contributed by atoms with Gasteiger partial charge in [0.2, 0.25) is 6.79 Å². The number of hydrogen-bond donors (Lipinski definition) is 1. The van der Waals surface area contributed by atoms with Crippen LogP contribution in [0.25, 0.3) is 5.69 Å². The molecule has 29 heavy (non-hydrogen) atoms. The van der Waals surface area contributed by atoms with Crippen LogP contribution in [-0.4, -0.2) is 48.3 Å². The van der Waals surface area contributed by atoms with Gasteiger partial charge in [0.1, 0.15) is 17.8 Å². The number of rotatable bonds is 6. The number of anilines is 1. The normalized spacial score (nSPS) is 12.6. The Labute approximate surface area is 165 Å². The molecular formula is C17H15N5O6S. The fourth-order valence-corrected chi connectivity index (χ4v) is 3.89. The first kappa shape index (κ1) is 18.7. The first-order valence-electron chi connectivity index (χ1n) is 8.28. The van der Waals surface area contributed by atoms with Crippen molar-refractivity contribution >= 4 is 21.5 Å². The molecule has 1 aromatic heterocycles. The lowest BCUT2D eigenvalue weighted by molar-refractivity contribution is 0.101. The van der Waals surface area contributed by atoms with Crippen LogP contribution in [0.2, 0.25) is 0 Å². The van der Waals surface area contributed by atoms with Crippen LogP contribution in [0, 0.1) is 0 Å². The van der Waals surface area contributed by atoms with Gasteiger partial charge in [0, 0.05) is 17.7 Å². The second-order valence-electron chi connectivity index (χ2n) is 6.00. The number of sulfonamides is 1. The van der Waals surface area contributed by atoms with E-state index in [1.165, 1.54) is 55.4 Å². The molecule has 0 aliphatic carbocycles. The van der Waals surface area contributed by atoms with Gasteiger partial charge in [-0.25, -0.2) is 8.42 Å². The number of ketones is 1. The lowest BCUT2D eigenvalue weighted by atomic mass is 10.1. The van der Waals surface area contributed by atoms with Gasteiger partial charge in [-0.15, -0.1) is 5.10 Å². The van der Waals surface area contributed by atoms with Crippen molar-refractivity contribution in [1.29, 1.82) is 0 Å². The zero-order valence-electron chi connectivity index (χ0n) is 15.3. The van der Waals surface area contributed by atoms with Crippen molar-refractivity contribution in [3.8, 4) is 22.9 Å². The van der Waals surface area contributed by atoms with E-state index in [0.717, 1.165) is 0 Å². The summed E-state index contributed by atoms with van der Waals surface area (Å²) in [7, 11) is -2.64. The van der Waals surface area contributed by atoms with E-state index in [4.69, 9.17) is 14.2 Å². The van der Waals surface area contributed by atoms with Crippen LogP contribution in [0.3, 0.4) is 0 Å². The molecule has 0 bridgehead atoms. The molecule has 0 saturated carbocycles. The van der Waals surface area contributed by atoms with E-state index in [0.29, 0.717) is 17.2 Å². The molecule has 1 N–H and O–H groups in total. The van der Waals surface area contributed by atoms with Gasteiger partial charge in [-0.3, -0.25) is 9.52 Å². The standard InChI is InChI=1S/C17H15N5O6S/c1-10(23)12-6-16-17(28-9-27-16)7-13(12)19-29(24,25)11-3-4-14(15(5-11)26-2)22-8-18-20-21-22/h3-8,19H,9H2,1-2H3. The highest BCUT2D eigenvalue weighted by Gasteiger charge is 2.24. The molecule has 11 nitrogen and oxygen atoms in total. The van der Waals surface area contributed by atoms with Crippen LogP contribution in [0.5, 0.6) is 17.2 Å². The Morgan fingerprint density at radius 1 is 1.21 bits per heavy atom. The molecule has 1 aliphatic heterocycles. The molecule has 4 rings (SSSR count). The third-order valence-corrected chi connectivity index (χ3v) is 5.56. The van der Waals surface area contributed by atoms with Crippen LogP contribution in [-0.2, 0) is 10.0 Å². The van der Waals surface area contributed by atoms with E-state index < -0.39 is 10.0 Å². The topological polar surface area (TPSA) is 135 Å². The minimum Gasteiger partial charge on any atom is -0.494 e. The lowest BCUT2D eigenvalue weighted by Gasteiger charge is -2.14. The van der Waals surface area contributed by atoms with Gasteiger partial charge in [0.15, 0.2) is 17.3 Å². The maximum absolute atomic E-state index is 12.9. The second kappa shape index (κ2) is 7.05. The van der Waals surface area contributed by atoms with E-state index in [9.17, 15) is 13.2 Å². The van der Waals surface area contributed by atoms with E-state index in [1.807, 2.05) is 0 Å². The van der Waals surface area contributed by atoms with E-state index in [1.54, 1.807) is 0 Å². The zero-order chi connectivity index (χ0) is 20.6. The Bertz CT molecular complexity index is 1190. The summed E-state index contributed by atoms with van der Waals surface area (Å²) in [5, 5.41) is 10.9. The van der Waals surface area contributed by atoms with Crippen molar-refractivity contribution in [2.45, 2.75) is 11.8 Å². The number of benzene rings is 2. The summed E-state index contributed by atoms with van der Waals surface area (Å²) in [4.78, 5) is 11.9. The van der Waals surface area contributed by atoms with Gasteiger partial charge in [-0.1, -0.05) is 0 Å². The van der Waals surface area contributed by atoms with Gasteiger partial charge in [-0.05, 0) is 35.5 Å². The molecule has 2 heterocycles. The van der Waals surface area contributed by atoms with Crippen LogP contribution >= 0.6 is 0 Å². The Kier molecular flexibility index (Phi) is 4.54. The molecule has 0 atom stereocenters. The number of tetrazole rings is 1. The number of ether oxygens (including phenoxy) is 3. The first-order chi connectivity index (χ1) is 13.9. The SMILES string of the molecule is COc1cc(S(=O)(=O)Nc2cc3c(cc2C(C)=O)OCO3)ccc1-n1cnnn1. The second-order valence-corrected chi connectivity index (χ2v) is 7.68. The predicted molar refractivity (Wildman–Crippen MR) is 99.1 cm³/mol. The average molecular weight is 417 g/mol. The number of Topliss-reactive ketones (excluding diaryl/α,β-unsaturated/α-hetero) is 1. The lowest BCUT2D eigenvalue weighted by Crippen LogP contribution is -2.15. The molecule has 0 spiro atoms. The summed E-state index contributed by atoms with van der Waals surface area (Å²) in [6.45, 7) is 1.33. The molecule has 0 amide bonds. The zero-order valence-corrected chi connectivity index (χ0v) is 16.1. The van der Waals surface area contributed by atoms with E-state index in [2.05, 4.69) is 20.2 Å². The van der Waals surface area contributed by atoms with Gasteiger partial charge in [0.05, 0.1) is 17.7 Å². The molecule has 2 aromatic carbocycles. The molecule has 0 unspecified atom stereocenters. The summed E-state index contributed by atoms with van der Waals surface area (Å²) in [5.74, 6) is 0.648. The molecular weight excluding hydrogens is 402 g/mol. The van der Waals surface area contributed by atoms with E-state index in [-0.39, 0.29) is 34.5 Å². The average Bonchev–Trinajstić information content (AvgIpc) is 3.38. The number of carbonyl (C=O) groups excluding carboxylic acids is 1. The fraction of sp³-hybridized carbons (Fsp3) is 0.176. The number of methoxy groups -OCH3 is 1. The van der Waals surface area contributed by atoms with Crippen molar-refractivity contribution < 1.29 is 27.4 Å². The molecule has 3 aromatic rings. The summed E-state index contributed by atoms with van der Waals surface area (Å²) < 4.78 is 45.5. The number of nitrogens with zero attached hydrogens (tertiary/aromatic N) is 4. The summed E-state index contributed by atoms with van der Waals surface area (Å²) in [5.41, 5.74) is 0.712. The van der Waals surface area contributed by atoms with E-state index >= 15 is 0 Å². The maximum atomic E-state index is 12.9. The Balaban J connectivity index is 1.72. The van der Waals surface area contributed by atoms with Gasteiger partial charge < -0.3 is 14.2 Å². The molecule has 12 heteroatoms. The number of hydrogen-bond acceptors (Lipinski definition) is 9. The molecule has 0 saturated heterocycles. The Morgan fingerprint density at radius 3 is 2.62 bits per heavy atom. The van der Waals surface area contributed by atoms with Crippen molar-refractivity contribution in [1.82, 2.24) is 20.2 Å². The number of aromatic nitrogens is 4. The molecule has 1 aliphatic rings.